The molecule has 0 spiro atoms. The molecule has 1 aromatic carbocycles. The van der Waals surface area contributed by atoms with Gasteiger partial charge in [-0.25, -0.2) is 4.98 Å². The molecule has 8 heteroatoms. The third-order valence-electron chi connectivity index (χ3n) is 4.51. The number of nitro groups is 1. The number of non-ortho nitro benzene ring substituents is 1. The lowest BCUT2D eigenvalue weighted by Gasteiger charge is -2.28. The quantitative estimate of drug-likeness (QED) is 0.588. The first-order valence-electron chi connectivity index (χ1n) is 8.59. The van der Waals surface area contributed by atoms with Gasteiger partial charge < -0.3 is 10.1 Å². The van der Waals surface area contributed by atoms with Crippen molar-refractivity contribution in [2.45, 2.75) is 44.6 Å². The standard InChI is InChI=1S/C18H21N3O4S/c1-13-12-26-17(19-13)18(9-2-3-10-18)20-16(22)8-11-25-15-6-4-14(5-7-15)21(23)24/h4-7,12H,2-3,8-11H2,1H3,(H,20,22). The van der Waals surface area contributed by atoms with Crippen molar-refractivity contribution in [1.82, 2.24) is 10.3 Å². The van der Waals surface area contributed by atoms with Crippen molar-refractivity contribution in [2.24, 2.45) is 0 Å². The van der Waals surface area contributed by atoms with E-state index in [4.69, 9.17) is 4.74 Å². The third-order valence-corrected chi connectivity index (χ3v) is 5.67. The number of aromatic nitrogens is 1. The normalized spacial score (nSPS) is 15.6. The van der Waals surface area contributed by atoms with Gasteiger partial charge in [-0.15, -0.1) is 11.3 Å². The average molecular weight is 375 g/mol. The second-order valence-corrected chi connectivity index (χ2v) is 7.34. The number of nitro benzene ring substituents is 1. The van der Waals surface area contributed by atoms with Crippen molar-refractivity contribution in [1.29, 1.82) is 0 Å². The molecule has 1 aliphatic carbocycles. The predicted octanol–water partition coefficient (Wildman–Crippen LogP) is 3.71. The monoisotopic (exact) mass is 375 g/mol. The summed E-state index contributed by atoms with van der Waals surface area (Å²) in [5.74, 6) is 0.441. The highest BCUT2D eigenvalue weighted by molar-refractivity contribution is 7.09. The van der Waals surface area contributed by atoms with Crippen molar-refractivity contribution in [3.63, 3.8) is 0 Å². The zero-order chi connectivity index (χ0) is 18.6. The number of nitrogens with zero attached hydrogens (tertiary/aromatic N) is 2. The Morgan fingerprint density at radius 3 is 2.62 bits per heavy atom. The lowest BCUT2D eigenvalue weighted by atomic mass is 9.98. The van der Waals surface area contributed by atoms with Crippen LogP contribution >= 0.6 is 11.3 Å². The number of amides is 1. The van der Waals surface area contributed by atoms with Crippen molar-refractivity contribution < 1.29 is 14.5 Å². The van der Waals surface area contributed by atoms with Crippen molar-refractivity contribution >= 4 is 22.9 Å². The van der Waals surface area contributed by atoms with Crippen molar-refractivity contribution in [3.8, 4) is 5.75 Å². The Balaban J connectivity index is 1.53. The maximum absolute atomic E-state index is 12.4. The van der Waals surface area contributed by atoms with Gasteiger partial charge in [-0.2, -0.15) is 0 Å². The first kappa shape index (κ1) is 18.3. The first-order chi connectivity index (χ1) is 12.5. The van der Waals surface area contributed by atoms with Crippen LogP contribution in [0.1, 0.15) is 42.8 Å². The number of benzene rings is 1. The smallest absolute Gasteiger partial charge is 0.269 e. The largest absolute Gasteiger partial charge is 0.493 e. The maximum Gasteiger partial charge on any atom is 0.269 e. The molecule has 1 saturated carbocycles. The van der Waals surface area contributed by atoms with Crippen molar-refractivity contribution in [3.05, 3.63) is 50.5 Å². The Hall–Kier alpha value is -2.48. The zero-order valence-electron chi connectivity index (χ0n) is 14.6. The lowest BCUT2D eigenvalue weighted by molar-refractivity contribution is -0.384. The molecule has 3 rings (SSSR count). The molecule has 1 aromatic heterocycles. The number of ether oxygens (including phenoxy) is 1. The molecular formula is C18H21N3O4S. The summed E-state index contributed by atoms with van der Waals surface area (Å²) < 4.78 is 5.52. The van der Waals surface area contributed by atoms with Crippen LogP contribution in [0.25, 0.3) is 0 Å². The lowest BCUT2D eigenvalue weighted by Crippen LogP contribution is -2.44. The highest BCUT2D eigenvalue weighted by atomic mass is 32.1. The fourth-order valence-electron chi connectivity index (χ4n) is 3.20. The van der Waals surface area contributed by atoms with Crippen LogP contribution in [0.5, 0.6) is 5.75 Å². The van der Waals surface area contributed by atoms with Crippen LogP contribution in [0.3, 0.4) is 0 Å². The number of carbonyl (C=O) groups excluding carboxylic acids is 1. The zero-order valence-corrected chi connectivity index (χ0v) is 15.4. The summed E-state index contributed by atoms with van der Waals surface area (Å²) in [6.45, 7) is 2.18. The van der Waals surface area contributed by atoms with Crippen LogP contribution in [0.2, 0.25) is 0 Å². The van der Waals surface area contributed by atoms with E-state index in [0.29, 0.717) is 5.75 Å². The Morgan fingerprint density at radius 1 is 1.35 bits per heavy atom. The molecule has 0 radical (unpaired) electrons. The molecule has 2 aromatic rings. The van der Waals surface area contributed by atoms with E-state index in [-0.39, 0.29) is 30.2 Å². The number of aryl methyl sites for hydroxylation is 1. The minimum atomic E-state index is -0.460. The molecular weight excluding hydrogens is 354 g/mol. The van der Waals surface area contributed by atoms with E-state index in [1.165, 1.54) is 24.3 Å². The minimum Gasteiger partial charge on any atom is -0.493 e. The maximum atomic E-state index is 12.4. The molecule has 1 N–H and O–H groups in total. The van der Waals surface area contributed by atoms with E-state index in [1.54, 1.807) is 11.3 Å². The van der Waals surface area contributed by atoms with Crippen LogP contribution < -0.4 is 10.1 Å². The predicted molar refractivity (Wildman–Crippen MR) is 98.3 cm³/mol. The van der Waals surface area contributed by atoms with Gasteiger partial charge in [0.2, 0.25) is 5.91 Å². The number of hydrogen-bond acceptors (Lipinski definition) is 6. The minimum absolute atomic E-state index is 0.0111. The van der Waals surface area contributed by atoms with Crippen LogP contribution in [0.4, 0.5) is 5.69 Å². The molecule has 138 valence electrons. The second-order valence-electron chi connectivity index (χ2n) is 6.48. The molecule has 26 heavy (non-hydrogen) atoms. The van der Waals surface area contributed by atoms with Gasteiger partial charge in [0.25, 0.3) is 5.69 Å². The Kier molecular flexibility index (Phi) is 5.51. The summed E-state index contributed by atoms with van der Waals surface area (Å²) in [6, 6.07) is 5.83. The summed E-state index contributed by atoms with van der Waals surface area (Å²) in [7, 11) is 0. The van der Waals surface area contributed by atoms with Gasteiger partial charge in [0.1, 0.15) is 10.8 Å². The summed E-state index contributed by atoms with van der Waals surface area (Å²) in [6.07, 6.45) is 4.21. The molecule has 1 aliphatic rings. The SMILES string of the molecule is Cc1csc(C2(NC(=O)CCOc3ccc([N+](=O)[O-])cc3)CCCC2)n1. The number of rotatable bonds is 7. The van der Waals surface area contributed by atoms with E-state index in [2.05, 4.69) is 10.3 Å². The number of hydrogen-bond donors (Lipinski definition) is 1. The van der Waals surface area contributed by atoms with E-state index < -0.39 is 4.92 Å². The second kappa shape index (κ2) is 7.82. The van der Waals surface area contributed by atoms with Gasteiger partial charge >= 0.3 is 0 Å². The van der Waals surface area contributed by atoms with Crippen LogP contribution in [0, 0.1) is 17.0 Å². The summed E-state index contributed by atoms with van der Waals surface area (Å²) in [5.41, 5.74) is 0.646. The van der Waals surface area contributed by atoms with E-state index in [1.807, 2.05) is 12.3 Å². The molecule has 1 heterocycles. The number of nitrogens with one attached hydrogen (secondary N) is 1. The van der Waals surface area contributed by atoms with Crippen LogP contribution in [-0.2, 0) is 10.3 Å². The molecule has 0 bridgehead atoms. The number of carbonyl (C=O) groups is 1. The molecule has 0 aliphatic heterocycles. The van der Waals surface area contributed by atoms with Crippen molar-refractivity contribution in [2.75, 3.05) is 6.61 Å². The first-order valence-corrected chi connectivity index (χ1v) is 9.47. The van der Waals surface area contributed by atoms with Gasteiger partial charge in [-0.3, -0.25) is 14.9 Å². The van der Waals surface area contributed by atoms with Gasteiger partial charge in [0.15, 0.2) is 0 Å². The van der Waals surface area contributed by atoms with E-state index in [0.717, 1.165) is 36.4 Å². The molecule has 1 fully saturated rings. The molecule has 0 saturated heterocycles. The Labute approximate surface area is 155 Å². The highest BCUT2D eigenvalue weighted by Gasteiger charge is 2.39. The van der Waals surface area contributed by atoms with Gasteiger partial charge in [-0.1, -0.05) is 12.8 Å². The Bertz CT molecular complexity index is 782. The van der Waals surface area contributed by atoms with Crippen LogP contribution in [0.15, 0.2) is 29.6 Å². The van der Waals surface area contributed by atoms with E-state index in [9.17, 15) is 14.9 Å². The van der Waals surface area contributed by atoms with Gasteiger partial charge in [0, 0.05) is 23.2 Å². The molecule has 0 unspecified atom stereocenters. The fourth-order valence-corrected chi connectivity index (χ4v) is 4.21. The van der Waals surface area contributed by atoms with Crippen LogP contribution in [-0.4, -0.2) is 22.4 Å². The summed E-state index contributed by atoms with van der Waals surface area (Å²) >= 11 is 1.60. The third kappa shape index (κ3) is 4.19. The summed E-state index contributed by atoms with van der Waals surface area (Å²) in [4.78, 5) is 27.2. The molecule has 7 nitrogen and oxygen atoms in total. The average Bonchev–Trinajstić information content (AvgIpc) is 3.25. The highest BCUT2D eigenvalue weighted by Crippen LogP contribution is 2.40. The fraction of sp³-hybridized carbons (Fsp3) is 0.444. The van der Waals surface area contributed by atoms with Gasteiger partial charge in [0.05, 0.1) is 23.5 Å². The van der Waals surface area contributed by atoms with Gasteiger partial charge in [-0.05, 0) is 31.9 Å². The number of thiazole rings is 1. The molecule has 1 amide bonds. The molecule has 0 atom stereocenters. The van der Waals surface area contributed by atoms with E-state index >= 15 is 0 Å². The summed E-state index contributed by atoms with van der Waals surface area (Å²) in [5, 5.41) is 16.8. The topological polar surface area (TPSA) is 94.4 Å². The Morgan fingerprint density at radius 2 is 2.04 bits per heavy atom.